The summed E-state index contributed by atoms with van der Waals surface area (Å²) in [5, 5.41) is 3.12. The van der Waals surface area contributed by atoms with Gasteiger partial charge in [0.15, 0.2) is 0 Å². The highest BCUT2D eigenvalue weighted by atomic mass is 35.5. The molecule has 0 bridgehead atoms. The van der Waals surface area contributed by atoms with Crippen LogP contribution in [0, 0.1) is 11.7 Å². The number of hydrogen-bond donors (Lipinski definition) is 1. The molecule has 1 N–H and O–H groups in total. The molecule has 3 fully saturated rings. The molecule has 0 aliphatic carbocycles. The molecule has 3 aliphatic heterocycles. The number of fused-ring (bicyclic) bond motifs is 1. The van der Waals surface area contributed by atoms with Crippen LogP contribution in [-0.4, -0.2) is 66.2 Å². The number of nitrogens with one attached hydrogen (secondary N) is 1. The van der Waals surface area contributed by atoms with Crippen molar-refractivity contribution in [2.75, 3.05) is 32.8 Å². The predicted octanol–water partition coefficient (Wildman–Crippen LogP) is 2.83. The molecule has 29 heavy (non-hydrogen) atoms. The summed E-state index contributed by atoms with van der Waals surface area (Å²) in [5.74, 6) is -0.0795. The first kappa shape index (κ1) is 20.4. The second-order valence-electron chi connectivity index (χ2n) is 8.58. The lowest BCUT2D eigenvalue weighted by Gasteiger charge is -2.49. The van der Waals surface area contributed by atoms with Crippen LogP contribution in [0.25, 0.3) is 0 Å². The summed E-state index contributed by atoms with van der Waals surface area (Å²) >= 11 is 5.76. The molecule has 0 saturated carbocycles. The third kappa shape index (κ3) is 4.36. The lowest BCUT2D eigenvalue weighted by atomic mass is 9.86. The zero-order valence-electron chi connectivity index (χ0n) is 16.6. The molecule has 4 rings (SSSR count). The summed E-state index contributed by atoms with van der Waals surface area (Å²) in [6.07, 6.45) is 3.29. The zero-order valence-corrected chi connectivity index (χ0v) is 17.4. The van der Waals surface area contributed by atoms with E-state index in [1.807, 2.05) is 22.8 Å². The van der Waals surface area contributed by atoms with Gasteiger partial charge in [-0.2, -0.15) is 0 Å². The summed E-state index contributed by atoms with van der Waals surface area (Å²) < 4.78 is 19.4. The first-order chi connectivity index (χ1) is 13.8. The van der Waals surface area contributed by atoms with Gasteiger partial charge >= 0.3 is 6.03 Å². The number of ether oxygens (including phenoxy) is 1. The fourth-order valence-corrected chi connectivity index (χ4v) is 4.69. The van der Waals surface area contributed by atoms with E-state index in [-0.39, 0.29) is 35.4 Å². The van der Waals surface area contributed by atoms with E-state index in [9.17, 15) is 14.0 Å². The number of urea groups is 1. The van der Waals surface area contributed by atoms with Crippen molar-refractivity contribution in [2.24, 2.45) is 5.92 Å². The Morgan fingerprint density at radius 1 is 1.31 bits per heavy atom. The zero-order chi connectivity index (χ0) is 20.6. The molecule has 0 spiro atoms. The molecular weight excluding hydrogens is 397 g/mol. The molecule has 0 radical (unpaired) electrons. The largest absolute Gasteiger partial charge is 0.363 e. The monoisotopic (exact) mass is 423 g/mol. The molecule has 0 unspecified atom stereocenters. The fourth-order valence-electron chi connectivity index (χ4n) is 4.58. The van der Waals surface area contributed by atoms with E-state index in [2.05, 4.69) is 5.32 Å². The first-order valence-corrected chi connectivity index (χ1v) is 10.6. The van der Waals surface area contributed by atoms with E-state index in [0.29, 0.717) is 38.5 Å². The van der Waals surface area contributed by atoms with Crippen LogP contribution < -0.4 is 5.32 Å². The number of nitrogens with zero attached hydrogens (tertiary/aromatic N) is 2. The Kier molecular flexibility index (Phi) is 5.71. The third-order valence-corrected chi connectivity index (χ3v) is 6.86. The molecule has 3 aliphatic rings. The number of piperidine rings is 2. The van der Waals surface area contributed by atoms with Crippen molar-refractivity contribution in [2.45, 2.75) is 44.2 Å². The molecule has 158 valence electrons. The van der Waals surface area contributed by atoms with E-state index in [1.54, 1.807) is 6.07 Å². The Labute approximate surface area is 175 Å². The smallest absolute Gasteiger partial charge is 0.320 e. The van der Waals surface area contributed by atoms with Gasteiger partial charge in [-0.3, -0.25) is 4.79 Å². The minimum absolute atomic E-state index is 0.0304. The van der Waals surface area contributed by atoms with Crippen LogP contribution in [-0.2, 0) is 16.0 Å². The van der Waals surface area contributed by atoms with E-state index < -0.39 is 5.60 Å². The summed E-state index contributed by atoms with van der Waals surface area (Å²) in [5.41, 5.74) is 0.547. The minimum Gasteiger partial charge on any atom is -0.363 e. The standard InChI is InChI=1S/C21H27ClFN3O3/c1-21-6-9-26(12-18(21)24-19(27)13-29-21)20(28)25-7-4-14(5-8-25)10-15-2-3-16(22)17(23)11-15/h2-3,11,14,18H,4-10,12-13H2,1H3,(H,24,27)/t18-,21+/m1/s1. The number of amides is 3. The maximum absolute atomic E-state index is 13.7. The fraction of sp³-hybridized carbons (Fsp3) is 0.619. The maximum atomic E-state index is 13.7. The molecule has 6 nitrogen and oxygen atoms in total. The second kappa shape index (κ2) is 8.11. The van der Waals surface area contributed by atoms with Gasteiger partial charge in [0, 0.05) is 26.2 Å². The van der Waals surface area contributed by atoms with Gasteiger partial charge in [0.05, 0.1) is 16.7 Å². The van der Waals surface area contributed by atoms with Crippen molar-refractivity contribution in [3.05, 3.63) is 34.6 Å². The normalized spacial score (nSPS) is 28.1. The Morgan fingerprint density at radius 3 is 2.79 bits per heavy atom. The van der Waals surface area contributed by atoms with Gasteiger partial charge in [-0.15, -0.1) is 0 Å². The number of carbonyl (C=O) groups is 2. The van der Waals surface area contributed by atoms with Crippen molar-refractivity contribution in [3.8, 4) is 0 Å². The van der Waals surface area contributed by atoms with Crippen LogP contribution in [0.1, 0.15) is 31.7 Å². The molecule has 3 heterocycles. The van der Waals surface area contributed by atoms with Crippen LogP contribution in [0.5, 0.6) is 0 Å². The summed E-state index contributed by atoms with van der Waals surface area (Å²) in [6.45, 7) is 4.59. The lowest BCUT2D eigenvalue weighted by Crippen LogP contribution is -2.67. The van der Waals surface area contributed by atoms with E-state index in [0.717, 1.165) is 24.8 Å². The van der Waals surface area contributed by atoms with E-state index in [4.69, 9.17) is 16.3 Å². The van der Waals surface area contributed by atoms with Gasteiger partial charge in [0.2, 0.25) is 5.91 Å². The Balaban J connectivity index is 1.30. The van der Waals surface area contributed by atoms with Crippen LogP contribution in [0.4, 0.5) is 9.18 Å². The average molecular weight is 424 g/mol. The third-order valence-electron chi connectivity index (χ3n) is 6.55. The van der Waals surface area contributed by atoms with Crippen molar-refractivity contribution in [3.63, 3.8) is 0 Å². The van der Waals surface area contributed by atoms with Crippen LogP contribution in [0.2, 0.25) is 5.02 Å². The van der Waals surface area contributed by atoms with Gasteiger partial charge in [-0.1, -0.05) is 17.7 Å². The molecule has 2 atom stereocenters. The second-order valence-corrected chi connectivity index (χ2v) is 8.99. The summed E-state index contributed by atoms with van der Waals surface area (Å²) in [4.78, 5) is 28.4. The van der Waals surface area contributed by atoms with Crippen LogP contribution in [0.15, 0.2) is 18.2 Å². The molecule has 1 aromatic rings. The Bertz CT molecular complexity index is 799. The van der Waals surface area contributed by atoms with Gasteiger partial charge < -0.3 is 19.9 Å². The molecule has 1 aromatic carbocycles. The highest BCUT2D eigenvalue weighted by molar-refractivity contribution is 6.30. The van der Waals surface area contributed by atoms with Gasteiger partial charge in [-0.05, 0) is 56.2 Å². The minimum atomic E-state index is -0.397. The Hall–Kier alpha value is -1.86. The Morgan fingerprint density at radius 2 is 2.07 bits per heavy atom. The number of carbonyl (C=O) groups excluding carboxylic acids is 2. The summed E-state index contributed by atoms with van der Waals surface area (Å²) in [7, 11) is 0. The first-order valence-electron chi connectivity index (χ1n) is 10.3. The van der Waals surface area contributed by atoms with Gasteiger partial charge in [0.1, 0.15) is 12.4 Å². The number of hydrogen-bond acceptors (Lipinski definition) is 3. The number of halogens is 2. The highest BCUT2D eigenvalue weighted by Crippen LogP contribution is 2.30. The van der Waals surface area contributed by atoms with E-state index in [1.165, 1.54) is 6.07 Å². The highest BCUT2D eigenvalue weighted by Gasteiger charge is 2.46. The number of likely N-dealkylation sites (tertiary alicyclic amines) is 2. The van der Waals surface area contributed by atoms with Crippen LogP contribution in [0.3, 0.4) is 0 Å². The molecule has 8 heteroatoms. The predicted molar refractivity (Wildman–Crippen MR) is 107 cm³/mol. The quantitative estimate of drug-likeness (QED) is 0.795. The van der Waals surface area contributed by atoms with Gasteiger partial charge in [0.25, 0.3) is 0 Å². The molecule has 3 saturated heterocycles. The van der Waals surface area contributed by atoms with Crippen LogP contribution >= 0.6 is 11.6 Å². The molecule has 3 amide bonds. The lowest BCUT2D eigenvalue weighted by molar-refractivity contribution is -0.156. The van der Waals surface area contributed by atoms with Crippen molar-refractivity contribution >= 4 is 23.5 Å². The SMILES string of the molecule is C[C@]12CCN(C(=O)N3CCC(Cc4ccc(Cl)c(F)c4)CC3)C[C@H]1NC(=O)CO2. The number of benzene rings is 1. The van der Waals surface area contributed by atoms with Crippen molar-refractivity contribution in [1.29, 1.82) is 0 Å². The van der Waals surface area contributed by atoms with Crippen molar-refractivity contribution in [1.82, 2.24) is 15.1 Å². The summed E-state index contributed by atoms with van der Waals surface area (Å²) in [6, 6.07) is 4.84. The van der Waals surface area contributed by atoms with E-state index >= 15 is 0 Å². The van der Waals surface area contributed by atoms with Crippen molar-refractivity contribution < 1.29 is 18.7 Å². The maximum Gasteiger partial charge on any atom is 0.320 e. The molecule has 0 aromatic heterocycles. The average Bonchev–Trinajstić information content (AvgIpc) is 2.71. The number of morpholine rings is 1. The van der Waals surface area contributed by atoms with Gasteiger partial charge in [-0.25, -0.2) is 9.18 Å². The topological polar surface area (TPSA) is 61.9 Å². The number of rotatable bonds is 2. The molecular formula is C21H27ClFN3O3.